The molecule has 0 fully saturated rings. The molecule has 3 heteroatoms. The summed E-state index contributed by atoms with van der Waals surface area (Å²) < 4.78 is 5.30. The molecule has 1 atom stereocenters. The molecule has 0 aliphatic heterocycles. The lowest BCUT2D eigenvalue weighted by Crippen LogP contribution is -1.84. The van der Waals surface area contributed by atoms with Gasteiger partial charge in [-0.1, -0.05) is 0 Å². The lowest BCUT2D eigenvalue weighted by Gasteiger charge is -1.99. The molecule has 0 aliphatic carbocycles. The molecule has 2 nitrogen and oxygen atoms in total. The minimum atomic E-state index is 0.369. The molecule has 0 amide bonds. The highest BCUT2D eigenvalue weighted by Gasteiger charge is 2.08. The molecular weight excluding hydrogens is 146 g/mol. The Balaban J connectivity index is 2.74. The number of aromatic nitrogens is 1. The third-order valence-corrected chi connectivity index (χ3v) is 2.25. The molecule has 0 N–H and O–H groups in total. The van der Waals surface area contributed by atoms with Crippen LogP contribution in [0, 0.1) is 6.92 Å². The quantitative estimate of drug-likeness (QED) is 0.659. The van der Waals surface area contributed by atoms with Crippen LogP contribution in [-0.4, -0.2) is 11.2 Å². The summed E-state index contributed by atoms with van der Waals surface area (Å²) >= 11 is 1.73. The maximum atomic E-state index is 5.30. The second kappa shape index (κ2) is 3.10. The van der Waals surface area contributed by atoms with Crippen LogP contribution in [0.3, 0.4) is 0 Å². The molecule has 1 heterocycles. The van der Waals surface area contributed by atoms with E-state index >= 15 is 0 Å². The highest BCUT2D eigenvalue weighted by molar-refractivity contribution is 7.98. The summed E-state index contributed by atoms with van der Waals surface area (Å²) in [4.78, 5) is 4.10. The van der Waals surface area contributed by atoms with Crippen molar-refractivity contribution in [3.63, 3.8) is 0 Å². The predicted octanol–water partition coefficient (Wildman–Crippen LogP) is 2.41. The van der Waals surface area contributed by atoms with Crippen LogP contribution in [0.5, 0.6) is 0 Å². The average molecular weight is 157 g/mol. The molecule has 0 radical (unpaired) electrons. The number of hydrogen-bond donors (Lipinski definition) is 0. The fraction of sp³-hybridized carbons (Fsp3) is 0.571. The monoisotopic (exact) mass is 157 g/mol. The Labute approximate surface area is 65.0 Å². The number of hydrogen-bond acceptors (Lipinski definition) is 3. The van der Waals surface area contributed by atoms with E-state index in [1.54, 1.807) is 18.0 Å². The zero-order chi connectivity index (χ0) is 7.56. The van der Waals surface area contributed by atoms with Gasteiger partial charge in [-0.3, -0.25) is 0 Å². The normalized spacial score (nSPS) is 13.5. The Morgan fingerprint density at radius 1 is 1.70 bits per heavy atom. The first-order chi connectivity index (χ1) is 4.74. The van der Waals surface area contributed by atoms with E-state index in [0.717, 1.165) is 11.7 Å². The molecule has 0 bridgehead atoms. The Morgan fingerprint density at radius 2 is 2.40 bits per heavy atom. The van der Waals surface area contributed by atoms with E-state index in [1.807, 2.05) is 13.2 Å². The van der Waals surface area contributed by atoms with Crippen molar-refractivity contribution >= 4 is 11.8 Å². The van der Waals surface area contributed by atoms with Crippen LogP contribution in [0.4, 0.5) is 0 Å². The maximum Gasteiger partial charge on any atom is 0.207 e. The predicted molar refractivity (Wildman–Crippen MR) is 43.2 cm³/mol. The van der Waals surface area contributed by atoms with Crippen LogP contribution >= 0.6 is 11.8 Å². The minimum absolute atomic E-state index is 0.369. The lowest BCUT2D eigenvalue weighted by atomic mass is 10.5. The summed E-state index contributed by atoms with van der Waals surface area (Å²) in [5.41, 5.74) is 0. The Kier molecular flexibility index (Phi) is 2.38. The van der Waals surface area contributed by atoms with Crippen molar-refractivity contribution in [2.45, 2.75) is 19.1 Å². The van der Waals surface area contributed by atoms with Gasteiger partial charge in [0, 0.05) is 0 Å². The lowest BCUT2D eigenvalue weighted by molar-refractivity contribution is 0.474. The maximum absolute atomic E-state index is 5.30. The van der Waals surface area contributed by atoms with Gasteiger partial charge < -0.3 is 4.42 Å². The minimum Gasteiger partial charge on any atom is -0.445 e. The summed E-state index contributed by atoms with van der Waals surface area (Å²) in [6.07, 6.45) is 3.80. The largest absolute Gasteiger partial charge is 0.445 e. The van der Waals surface area contributed by atoms with E-state index in [-0.39, 0.29) is 0 Å². The van der Waals surface area contributed by atoms with Crippen LogP contribution in [0.25, 0.3) is 0 Å². The molecule has 0 saturated carbocycles. The van der Waals surface area contributed by atoms with Crippen molar-refractivity contribution in [2.75, 3.05) is 6.26 Å². The smallest absolute Gasteiger partial charge is 0.207 e. The van der Waals surface area contributed by atoms with Crippen LogP contribution in [0.1, 0.15) is 23.8 Å². The molecular formula is C7H11NOS. The van der Waals surface area contributed by atoms with E-state index in [0.29, 0.717) is 5.25 Å². The Bertz CT molecular complexity index is 209. The van der Waals surface area contributed by atoms with Gasteiger partial charge in [0.1, 0.15) is 5.76 Å². The molecule has 56 valence electrons. The number of thioether (sulfide) groups is 1. The molecule has 1 unspecified atom stereocenters. The van der Waals surface area contributed by atoms with Crippen molar-refractivity contribution in [3.8, 4) is 0 Å². The van der Waals surface area contributed by atoms with E-state index < -0.39 is 0 Å². The van der Waals surface area contributed by atoms with Crippen LogP contribution < -0.4 is 0 Å². The van der Waals surface area contributed by atoms with Gasteiger partial charge >= 0.3 is 0 Å². The summed E-state index contributed by atoms with van der Waals surface area (Å²) in [7, 11) is 0. The molecule has 10 heavy (non-hydrogen) atoms. The second-order valence-electron chi connectivity index (χ2n) is 2.19. The number of rotatable bonds is 2. The third kappa shape index (κ3) is 1.53. The summed E-state index contributed by atoms with van der Waals surface area (Å²) in [6.45, 7) is 3.99. The summed E-state index contributed by atoms with van der Waals surface area (Å²) in [5, 5.41) is 0.369. The molecule has 0 aliphatic rings. The van der Waals surface area contributed by atoms with Gasteiger partial charge in [0.15, 0.2) is 0 Å². The highest BCUT2D eigenvalue weighted by atomic mass is 32.2. The first-order valence-electron chi connectivity index (χ1n) is 3.19. The Morgan fingerprint density at radius 3 is 2.80 bits per heavy atom. The summed E-state index contributed by atoms with van der Waals surface area (Å²) in [5.74, 6) is 1.71. The Hall–Kier alpha value is -0.440. The van der Waals surface area contributed by atoms with Gasteiger partial charge in [0.25, 0.3) is 0 Å². The van der Waals surface area contributed by atoms with E-state index in [1.165, 1.54) is 0 Å². The summed E-state index contributed by atoms with van der Waals surface area (Å²) in [6, 6.07) is 0. The van der Waals surface area contributed by atoms with Gasteiger partial charge in [0.05, 0.1) is 11.4 Å². The van der Waals surface area contributed by atoms with Crippen molar-refractivity contribution in [1.29, 1.82) is 0 Å². The van der Waals surface area contributed by atoms with Gasteiger partial charge in [-0.05, 0) is 20.1 Å². The second-order valence-corrected chi connectivity index (χ2v) is 3.37. The van der Waals surface area contributed by atoms with Crippen molar-refractivity contribution < 1.29 is 4.42 Å². The number of nitrogens with zero attached hydrogens (tertiary/aromatic N) is 1. The van der Waals surface area contributed by atoms with Crippen molar-refractivity contribution in [2.24, 2.45) is 0 Å². The van der Waals surface area contributed by atoms with E-state index in [2.05, 4.69) is 11.9 Å². The first kappa shape index (κ1) is 7.66. The van der Waals surface area contributed by atoms with Crippen molar-refractivity contribution in [1.82, 2.24) is 4.98 Å². The van der Waals surface area contributed by atoms with E-state index in [9.17, 15) is 0 Å². The van der Waals surface area contributed by atoms with Crippen LogP contribution in [-0.2, 0) is 0 Å². The zero-order valence-electron chi connectivity index (χ0n) is 6.42. The van der Waals surface area contributed by atoms with E-state index in [4.69, 9.17) is 4.42 Å². The van der Waals surface area contributed by atoms with Gasteiger partial charge in [0.2, 0.25) is 5.89 Å². The molecule has 1 rings (SSSR count). The molecule has 1 aromatic heterocycles. The molecule has 0 spiro atoms. The fourth-order valence-electron chi connectivity index (χ4n) is 0.661. The molecule has 0 saturated heterocycles. The zero-order valence-corrected chi connectivity index (χ0v) is 7.23. The highest BCUT2D eigenvalue weighted by Crippen LogP contribution is 2.24. The topological polar surface area (TPSA) is 26.0 Å². The number of oxazole rings is 1. The van der Waals surface area contributed by atoms with Gasteiger partial charge in [-0.2, -0.15) is 11.8 Å². The van der Waals surface area contributed by atoms with Gasteiger partial charge in [-0.25, -0.2) is 4.98 Å². The number of aryl methyl sites for hydroxylation is 1. The standard InChI is InChI=1S/C7H11NOS/c1-5-4-8-7(9-5)6(2)10-3/h4,6H,1-3H3. The van der Waals surface area contributed by atoms with Crippen LogP contribution in [0.15, 0.2) is 10.6 Å². The fourth-order valence-corrected chi connectivity index (χ4v) is 0.972. The molecule has 0 aromatic carbocycles. The van der Waals surface area contributed by atoms with Crippen LogP contribution in [0.2, 0.25) is 0 Å². The SMILES string of the molecule is CSC(C)c1ncc(C)o1. The first-order valence-corrected chi connectivity index (χ1v) is 4.48. The average Bonchev–Trinajstić information content (AvgIpc) is 2.34. The van der Waals surface area contributed by atoms with Gasteiger partial charge in [-0.15, -0.1) is 0 Å². The molecule has 1 aromatic rings. The van der Waals surface area contributed by atoms with Crippen molar-refractivity contribution in [3.05, 3.63) is 17.8 Å². The third-order valence-electron chi connectivity index (χ3n) is 1.34.